The van der Waals surface area contributed by atoms with E-state index in [0.717, 1.165) is 37.2 Å². The Morgan fingerprint density at radius 1 is 1.17 bits per heavy atom. The lowest BCUT2D eigenvalue weighted by Crippen LogP contribution is -2.30. The van der Waals surface area contributed by atoms with Gasteiger partial charge in [0.15, 0.2) is 0 Å². The Bertz CT molecular complexity index is 1590. The molecule has 2 atom stereocenters. The van der Waals surface area contributed by atoms with Gasteiger partial charge in [-0.05, 0) is 70.6 Å². The molecule has 222 valence electrons. The van der Waals surface area contributed by atoms with E-state index in [1.165, 1.54) is 0 Å². The number of amides is 1. The zero-order valence-corrected chi connectivity index (χ0v) is 25.2. The van der Waals surface area contributed by atoms with Crippen molar-refractivity contribution < 1.29 is 13.9 Å². The Morgan fingerprint density at radius 3 is 2.69 bits per heavy atom. The molecule has 1 N–H and O–H groups in total. The Labute approximate surface area is 250 Å². The summed E-state index contributed by atoms with van der Waals surface area (Å²) in [6.07, 6.45) is 3.55. The normalized spacial score (nSPS) is 17.0. The van der Waals surface area contributed by atoms with Crippen LogP contribution in [0.3, 0.4) is 0 Å². The third kappa shape index (κ3) is 6.29. The lowest BCUT2D eigenvalue weighted by molar-refractivity contribution is -0.121. The van der Waals surface area contributed by atoms with Gasteiger partial charge in [-0.2, -0.15) is 0 Å². The molecule has 42 heavy (non-hydrogen) atoms. The number of halogens is 1. The standard InChI is InChI=1S/C31H37ClN6O4/c1-5-41-26-15-14-22(32)19-24(26)30-35-34-29(42-30)21-11-9-10-20(18-21)28(39)33-27-25(16-17-36(2)3)37(4)38(31(27)40)23-12-7-6-8-13-23/h6-8,12-15,19-21H,5,9-11,16-18H2,1-4H3,(H,33,39)/t20-,21+/m1/s1. The van der Waals surface area contributed by atoms with Gasteiger partial charge in [0.2, 0.25) is 11.8 Å². The molecule has 11 heteroatoms. The molecule has 1 fully saturated rings. The van der Waals surface area contributed by atoms with Crippen LogP contribution in [0.25, 0.3) is 17.1 Å². The summed E-state index contributed by atoms with van der Waals surface area (Å²) in [4.78, 5) is 29.4. The highest BCUT2D eigenvalue weighted by molar-refractivity contribution is 6.30. The van der Waals surface area contributed by atoms with Crippen molar-refractivity contribution in [3.63, 3.8) is 0 Å². The highest BCUT2D eigenvalue weighted by atomic mass is 35.5. The summed E-state index contributed by atoms with van der Waals surface area (Å²) in [6.45, 7) is 3.13. The van der Waals surface area contributed by atoms with Gasteiger partial charge >= 0.3 is 0 Å². The van der Waals surface area contributed by atoms with Gasteiger partial charge < -0.3 is 19.4 Å². The first-order valence-electron chi connectivity index (χ1n) is 14.3. The fourth-order valence-electron chi connectivity index (χ4n) is 5.59. The van der Waals surface area contributed by atoms with Crippen molar-refractivity contribution in [2.24, 2.45) is 13.0 Å². The number of ether oxygens (including phenoxy) is 1. The molecule has 10 nitrogen and oxygen atoms in total. The lowest BCUT2D eigenvalue weighted by Gasteiger charge is -2.26. The molecule has 0 saturated heterocycles. The number of carbonyl (C=O) groups excluding carboxylic acids is 1. The third-order valence-electron chi connectivity index (χ3n) is 7.74. The Kier molecular flexibility index (Phi) is 9.13. The molecule has 5 rings (SSSR count). The molecule has 0 bridgehead atoms. The molecule has 0 spiro atoms. The van der Waals surface area contributed by atoms with Crippen molar-refractivity contribution in [3.8, 4) is 22.9 Å². The van der Waals surface area contributed by atoms with Crippen LogP contribution in [0.15, 0.2) is 57.7 Å². The highest BCUT2D eigenvalue weighted by Gasteiger charge is 2.33. The number of nitrogens with zero attached hydrogens (tertiary/aromatic N) is 5. The Hall–Kier alpha value is -3.89. The molecule has 1 aliphatic rings. The van der Waals surface area contributed by atoms with E-state index in [0.29, 0.717) is 53.3 Å². The van der Waals surface area contributed by atoms with Gasteiger partial charge in [-0.1, -0.05) is 36.2 Å². The molecule has 2 aromatic heterocycles. The van der Waals surface area contributed by atoms with E-state index in [-0.39, 0.29) is 23.3 Å². The van der Waals surface area contributed by atoms with E-state index in [1.54, 1.807) is 22.9 Å². The van der Waals surface area contributed by atoms with Crippen LogP contribution in [0.4, 0.5) is 5.69 Å². The monoisotopic (exact) mass is 592 g/mol. The van der Waals surface area contributed by atoms with E-state index >= 15 is 0 Å². The van der Waals surface area contributed by atoms with Crippen LogP contribution in [0.2, 0.25) is 5.02 Å². The van der Waals surface area contributed by atoms with Gasteiger partial charge in [-0.15, -0.1) is 10.2 Å². The SMILES string of the molecule is CCOc1ccc(Cl)cc1-c1nnc([C@H]2CCC[C@@H](C(=O)Nc3c(CCN(C)C)n(C)n(-c4ccccc4)c3=O)C2)o1. The predicted molar refractivity (Wildman–Crippen MR) is 163 cm³/mol. The quantitative estimate of drug-likeness (QED) is 0.266. The summed E-state index contributed by atoms with van der Waals surface area (Å²) in [5, 5.41) is 12.2. The molecule has 1 saturated carbocycles. The van der Waals surface area contributed by atoms with E-state index in [1.807, 2.05) is 63.1 Å². The summed E-state index contributed by atoms with van der Waals surface area (Å²) >= 11 is 6.23. The van der Waals surface area contributed by atoms with Crippen LogP contribution >= 0.6 is 11.6 Å². The average Bonchev–Trinajstić information content (AvgIpc) is 3.56. The Balaban J connectivity index is 1.37. The molecular formula is C31H37ClN6O4. The van der Waals surface area contributed by atoms with Crippen molar-refractivity contribution in [2.45, 2.75) is 44.9 Å². The minimum absolute atomic E-state index is 0.0737. The molecule has 0 radical (unpaired) electrons. The van der Waals surface area contributed by atoms with Crippen molar-refractivity contribution in [3.05, 3.63) is 75.5 Å². The Morgan fingerprint density at radius 2 is 1.95 bits per heavy atom. The molecule has 0 aliphatic heterocycles. The molecule has 4 aromatic rings. The van der Waals surface area contributed by atoms with Crippen molar-refractivity contribution >= 4 is 23.2 Å². The third-order valence-corrected chi connectivity index (χ3v) is 7.97. The zero-order valence-electron chi connectivity index (χ0n) is 24.5. The zero-order chi connectivity index (χ0) is 29.8. The molecule has 2 aromatic carbocycles. The summed E-state index contributed by atoms with van der Waals surface area (Å²) in [6, 6.07) is 14.7. The number of anilines is 1. The fraction of sp³-hybridized carbons (Fsp3) is 0.419. The summed E-state index contributed by atoms with van der Waals surface area (Å²) in [7, 11) is 5.83. The second-order valence-electron chi connectivity index (χ2n) is 10.9. The van der Waals surface area contributed by atoms with Crippen LogP contribution in [-0.4, -0.2) is 57.6 Å². The van der Waals surface area contributed by atoms with Crippen molar-refractivity contribution in [2.75, 3.05) is 32.6 Å². The summed E-state index contributed by atoms with van der Waals surface area (Å²) < 4.78 is 15.3. The maximum absolute atomic E-state index is 13.7. The summed E-state index contributed by atoms with van der Waals surface area (Å²) in [5.41, 5.74) is 2.25. The first-order chi connectivity index (χ1) is 20.3. The van der Waals surface area contributed by atoms with Gasteiger partial charge in [0, 0.05) is 36.9 Å². The van der Waals surface area contributed by atoms with Crippen LogP contribution in [-0.2, 0) is 18.3 Å². The van der Waals surface area contributed by atoms with E-state index in [2.05, 4.69) is 20.4 Å². The van der Waals surface area contributed by atoms with Crippen LogP contribution < -0.4 is 15.6 Å². The first kappa shape index (κ1) is 29.6. The smallest absolute Gasteiger partial charge is 0.295 e. The van der Waals surface area contributed by atoms with Gasteiger partial charge in [-0.25, -0.2) is 4.68 Å². The fourth-order valence-corrected chi connectivity index (χ4v) is 5.76. The number of hydrogen-bond acceptors (Lipinski definition) is 7. The number of rotatable bonds is 10. The molecule has 1 aliphatic carbocycles. The minimum atomic E-state index is -0.296. The second-order valence-corrected chi connectivity index (χ2v) is 11.4. The molecule has 1 amide bonds. The summed E-state index contributed by atoms with van der Waals surface area (Å²) in [5.74, 6) is 0.904. The largest absolute Gasteiger partial charge is 0.493 e. The topological polar surface area (TPSA) is 107 Å². The van der Waals surface area contributed by atoms with Gasteiger partial charge in [0.25, 0.3) is 11.4 Å². The lowest BCUT2D eigenvalue weighted by atomic mass is 9.81. The molecule has 2 heterocycles. The number of nitrogens with one attached hydrogen (secondary N) is 1. The number of aromatic nitrogens is 4. The van der Waals surface area contributed by atoms with Gasteiger partial charge in [0.05, 0.1) is 23.6 Å². The number of carbonyl (C=O) groups is 1. The predicted octanol–water partition coefficient (Wildman–Crippen LogP) is 5.29. The number of likely N-dealkylation sites (N-methyl/N-ethyl adjacent to an activating group) is 1. The average molecular weight is 593 g/mol. The number of benzene rings is 2. The van der Waals surface area contributed by atoms with E-state index in [4.69, 9.17) is 20.8 Å². The maximum atomic E-state index is 13.7. The van der Waals surface area contributed by atoms with Gasteiger partial charge in [-0.3, -0.25) is 14.3 Å². The van der Waals surface area contributed by atoms with Crippen LogP contribution in [0.1, 0.15) is 50.1 Å². The van der Waals surface area contributed by atoms with E-state index in [9.17, 15) is 9.59 Å². The van der Waals surface area contributed by atoms with Crippen molar-refractivity contribution in [1.82, 2.24) is 24.5 Å². The first-order valence-corrected chi connectivity index (χ1v) is 14.7. The molecule has 0 unspecified atom stereocenters. The van der Waals surface area contributed by atoms with Crippen LogP contribution in [0, 0.1) is 5.92 Å². The van der Waals surface area contributed by atoms with Gasteiger partial charge in [0.1, 0.15) is 11.4 Å². The number of hydrogen-bond donors (Lipinski definition) is 1. The highest BCUT2D eigenvalue weighted by Crippen LogP contribution is 2.39. The second kappa shape index (κ2) is 13.0. The molecular weight excluding hydrogens is 556 g/mol. The minimum Gasteiger partial charge on any atom is -0.493 e. The van der Waals surface area contributed by atoms with E-state index < -0.39 is 0 Å². The maximum Gasteiger partial charge on any atom is 0.295 e. The van der Waals surface area contributed by atoms with Crippen LogP contribution in [0.5, 0.6) is 5.75 Å². The van der Waals surface area contributed by atoms with Crippen molar-refractivity contribution in [1.29, 1.82) is 0 Å². The number of para-hydroxylation sites is 1.